The van der Waals surface area contributed by atoms with Crippen LogP contribution in [0.2, 0.25) is 0 Å². The van der Waals surface area contributed by atoms with E-state index in [9.17, 15) is 30.8 Å². The lowest BCUT2D eigenvalue weighted by Gasteiger charge is -2.44. The first kappa shape index (κ1) is 36.9. The van der Waals surface area contributed by atoms with Crippen molar-refractivity contribution < 1.29 is 49.5 Å². The summed E-state index contributed by atoms with van der Waals surface area (Å²) in [5.41, 5.74) is 1.47. The Labute approximate surface area is 275 Å². The molecule has 3 aromatic rings. The number of esters is 1. The molecular formula is C34H39F4O7S2+. The molecule has 1 N–H and O–H groups in total. The van der Waals surface area contributed by atoms with Gasteiger partial charge in [-0.2, -0.15) is 17.2 Å². The highest BCUT2D eigenvalue weighted by Gasteiger charge is 2.53. The number of halogens is 4. The first-order valence-electron chi connectivity index (χ1n) is 14.9. The number of ether oxygens (including phenoxy) is 3. The van der Waals surface area contributed by atoms with E-state index in [1.165, 1.54) is 12.1 Å². The van der Waals surface area contributed by atoms with E-state index in [2.05, 4.69) is 25.5 Å². The summed E-state index contributed by atoms with van der Waals surface area (Å²) in [5, 5.41) is -4.69. The predicted molar refractivity (Wildman–Crippen MR) is 170 cm³/mol. The van der Waals surface area contributed by atoms with Crippen molar-refractivity contribution in [2.45, 2.75) is 97.7 Å². The second-order valence-electron chi connectivity index (χ2n) is 13.0. The molecule has 0 aromatic heterocycles. The van der Waals surface area contributed by atoms with Crippen LogP contribution >= 0.6 is 0 Å². The molecule has 0 spiro atoms. The molecule has 1 heterocycles. The second-order valence-corrected chi connectivity index (χ2v) is 16.5. The molecule has 47 heavy (non-hydrogen) atoms. The molecule has 1 fully saturated rings. The van der Waals surface area contributed by atoms with Crippen LogP contribution in [0.3, 0.4) is 0 Å². The normalized spacial score (nSPS) is 21.7. The van der Waals surface area contributed by atoms with Crippen LogP contribution in [0.5, 0.6) is 0 Å². The largest absolute Gasteiger partial charge is 0.451 e. The minimum absolute atomic E-state index is 0.0931. The number of carbonyl (C=O) groups excluding carboxylic acids is 1. The first-order chi connectivity index (χ1) is 21.6. The quantitative estimate of drug-likeness (QED) is 0.105. The van der Waals surface area contributed by atoms with Gasteiger partial charge in [-0.1, -0.05) is 46.8 Å². The Morgan fingerprint density at radius 1 is 0.915 bits per heavy atom. The van der Waals surface area contributed by atoms with Crippen LogP contribution in [0.1, 0.15) is 70.0 Å². The standard InChI is InChI=1S/C34H38F4O7S2/c1-21(2)29-33(35,36)20-43-32(7,45-29)25-12-18-28(19-13-25)46(27-16-10-24(11-17-27)31(4,5)6)26-14-8-23(9-15-26)30(39)44-22(3)34(37,38)47(40,41)42/h8-19,21-22,29H,20H2,1-7H3/p+1. The van der Waals surface area contributed by atoms with Gasteiger partial charge in [-0.05, 0) is 91.4 Å². The van der Waals surface area contributed by atoms with E-state index in [1.54, 1.807) is 45.0 Å². The highest BCUT2D eigenvalue weighted by molar-refractivity contribution is 7.97. The molecule has 1 aliphatic heterocycles. The van der Waals surface area contributed by atoms with Crippen LogP contribution in [0, 0.1) is 5.92 Å². The van der Waals surface area contributed by atoms with E-state index in [0.717, 1.165) is 20.2 Å². The lowest BCUT2D eigenvalue weighted by atomic mass is 9.87. The summed E-state index contributed by atoms with van der Waals surface area (Å²) in [6, 6.07) is 21.3. The molecule has 4 atom stereocenters. The third-order valence-electron chi connectivity index (χ3n) is 7.91. The SMILES string of the molecule is CC(C)C1OC(C)(c2ccc([S+](c3ccc(C(=O)OC(C)C(F)(F)S(=O)(=O)O)cc3)c3ccc(C(C)(C)C)cc3)cc2)OCC1(F)F. The van der Waals surface area contributed by atoms with Crippen LogP contribution in [-0.4, -0.2) is 48.9 Å². The van der Waals surface area contributed by atoms with E-state index >= 15 is 0 Å². The Hall–Kier alpha value is -2.97. The van der Waals surface area contributed by atoms with Crippen molar-refractivity contribution >= 4 is 27.0 Å². The molecule has 256 valence electrons. The monoisotopic (exact) mass is 699 g/mol. The first-order valence-corrected chi connectivity index (χ1v) is 17.5. The molecule has 0 saturated carbocycles. The summed E-state index contributed by atoms with van der Waals surface area (Å²) in [5.74, 6) is -6.17. The minimum atomic E-state index is -5.81. The van der Waals surface area contributed by atoms with E-state index in [4.69, 9.17) is 14.0 Å². The van der Waals surface area contributed by atoms with Crippen LogP contribution < -0.4 is 0 Å². The van der Waals surface area contributed by atoms with Gasteiger partial charge in [0.25, 0.3) is 5.92 Å². The summed E-state index contributed by atoms with van der Waals surface area (Å²) in [7, 11) is -6.55. The summed E-state index contributed by atoms with van der Waals surface area (Å²) in [4.78, 5) is 15.1. The van der Waals surface area contributed by atoms with Crippen molar-refractivity contribution in [1.29, 1.82) is 0 Å². The predicted octanol–water partition coefficient (Wildman–Crippen LogP) is 7.98. The number of carbonyl (C=O) groups is 1. The molecule has 1 saturated heterocycles. The maximum Gasteiger partial charge on any atom is 0.405 e. The van der Waals surface area contributed by atoms with Gasteiger partial charge in [0.1, 0.15) is 12.7 Å². The maximum atomic E-state index is 14.5. The summed E-state index contributed by atoms with van der Waals surface area (Å²) in [6.07, 6.45) is -3.77. The van der Waals surface area contributed by atoms with Gasteiger partial charge in [-0.25, -0.2) is 13.6 Å². The van der Waals surface area contributed by atoms with Crippen molar-refractivity contribution in [1.82, 2.24) is 0 Å². The summed E-state index contributed by atoms with van der Waals surface area (Å²) < 4.78 is 104. The Kier molecular flexibility index (Phi) is 10.3. The Bertz CT molecular complexity index is 1670. The lowest BCUT2D eigenvalue weighted by molar-refractivity contribution is -0.368. The average molecular weight is 700 g/mol. The zero-order chi connectivity index (χ0) is 35.2. The van der Waals surface area contributed by atoms with E-state index in [-0.39, 0.29) is 11.0 Å². The molecule has 13 heteroatoms. The van der Waals surface area contributed by atoms with E-state index < -0.39 is 68.7 Å². The van der Waals surface area contributed by atoms with Gasteiger partial charge in [-0.3, -0.25) is 4.55 Å². The number of benzene rings is 3. The summed E-state index contributed by atoms with van der Waals surface area (Å²) >= 11 is 0. The molecule has 3 aromatic carbocycles. The molecular weight excluding hydrogens is 660 g/mol. The highest BCUT2D eigenvalue weighted by atomic mass is 32.2. The molecule has 0 amide bonds. The molecule has 0 bridgehead atoms. The maximum absolute atomic E-state index is 14.5. The van der Waals surface area contributed by atoms with Crippen molar-refractivity contribution in [3.8, 4) is 0 Å². The molecule has 0 radical (unpaired) electrons. The molecule has 7 nitrogen and oxygen atoms in total. The van der Waals surface area contributed by atoms with Crippen molar-refractivity contribution in [3.63, 3.8) is 0 Å². The number of rotatable bonds is 9. The van der Waals surface area contributed by atoms with Crippen LogP contribution in [0.4, 0.5) is 17.6 Å². The number of alkyl halides is 4. The minimum Gasteiger partial charge on any atom is -0.451 e. The Balaban J connectivity index is 1.67. The number of hydrogen-bond acceptors (Lipinski definition) is 6. The molecule has 4 unspecified atom stereocenters. The number of hydrogen-bond donors (Lipinski definition) is 1. The van der Waals surface area contributed by atoms with Crippen molar-refractivity contribution in [2.24, 2.45) is 5.92 Å². The van der Waals surface area contributed by atoms with E-state index in [0.29, 0.717) is 12.5 Å². The lowest BCUT2D eigenvalue weighted by Crippen LogP contribution is -2.54. The van der Waals surface area contributed by atoms with E-state index in [1.807, 2.05) is 36.4 Å². The van der Waals surface area contributed by atoms with Gasteiger partial charge in [-0.15, -0.1) is 0 Å². The summed E-state index contributed by atoms with van der Waals surface area (Å²) in [6.45, 7) is 11.1. The molecule has 0 aliphatic carbocycles. The Morgan fingerprint density at radius 3 is 1.83 bits per heavy atom. The zero-order valence-electron chi connectivity index (χ0n) is 27.1. The molecule has 4 rings (SSSR count). The topological polar surface area (TPSA) is 99.1 Å². The van der Waals surface area contributed by atoms with Crippen molar-refractivity contribution in [2.75, 3.05) is 6.61 Å². The van der Waals surface area contributed by atoms with Crippen molar-refractivity contribution in [3.05, 3.63) is 89.5 Å². The molecule has 1 aliphatic rings. The van der Waals surface area contributed by atoms with Crippen LogP contribution in [0.15, 0.2) is 87.5 Å². The smallest absolute Gasteiger partial charge is 0.405 e. The van der Waals surface area contributed by atoms with Crippen LogP contribution in [-0.2, 0) is 46.4 Å². The fraction of sp³-hybridized carbons (Fsp3) is 0.441. The average Bonchev–Trinajstić information content (AvgIpc) is 2.98. The Morgan fingerprint density at radius 2 is 1.38 bits per heavy atom. The fourth-order valence-corrected chi connectivity index (χ4v) is 7.59. The fourth-order valence-electron chi connectivity index (χ4n) is 5.08. The third-order valence-corrected chi connectivity index (χ3v) is 11.2. The van der Waals surface area contributed by atoms with Gasteiger partial charge in [0.2, 0.25) is 0 Å². The van der Waals surface area contributed by atoms with Gasteiger partial charge in [0.15, 0.2) is 26.6 Å². The van der Waals surface area contributed by atoms with Gasteiger partial charge >= 0.3 is 21.3 Å². The highest BCUT2D eigenvalue weighted by Crippen LogP contribution is 2.42. The third kappa shape index (κ3) is 7.86. The van der Waals surface area contributed by atoms with Gasteiger partial charge in [0, 0.05) is 5.56 Å². The van der Waals surface area contributed by atoms with Gasteiger partial charge in [0.05, 0.1) is 16.5 Å². The van der Waals surface area contributed by atoms with Crippen LogP contribution in [0.25, 0.3) is 0 Å². The zero-order valence-corrected chi connectivity index (χ0v) is 28.7. The van der Waals surface area contributed by atoms with Gasteiger partial charge < -0.3 is 14.2 Å². The second kappa shape index (κ2) is 13.1.